The van der Waals surface area contributed by atoms with Crippen LogP contribution in [0.25, 0.3) is 44.2 Å². The molecular weight excluding hydrogens is 588 g/mol. The molecule has 0 bridgehead atoms. The van der Waals surface area contributed by atoms with Gasteiger partial charge in [-0.2, -0.15) is 0 Å². The normalized spacial score (nSPS) is 11.3. The van der Waals surface area contributed by atoms with Crippen LogP contribution in [0.3, 0.4) is 0 Å². The Labute approximate surface area is 264 Å². The molecule has 2 heterocycles. The first-order valence-electron chi connectivity index (χ1n) is 14.6. The van der Waals surface area contributed by atoms with Gasteiger partial charge in [-0.05, 0) is 73.5 Å². The van der Waals surface area contributed by atoms with Crippen molar-refractivity contribution < 1.29 is 32.9 Å². The van der Waals surface area contributed by atoms with Crippen LogP contribution in [0, 0.1) is 13.8 Å². The maximum atomic E-state index is 12.9. The number of aliphatic hydroxyl groups is 1. The predicted octanol–water partition coefficient (Wildman–Crippen LogP) is 6.69. The zero-order valence-electron chi connectivity index (χ0n) is 25.8. The number of aliphatic hydroxyl groups excluding tert-OH is 1. The highest BCUT2D eigenvalue weighted by Gasteiger charge is 2.16. The SMILES string of the molecule is COc1cc(C)ccc1-c1cc2ccc(OCC(O)COc3ccc4cc(-c5ccc(C)cc5OC)c(=O)oc4c3)cc2oc1=O. The first kappa shape index (κ1) is 30.5. The average Bonchev–Trinajstić information content (AvgIpc) is 3.05. The number of benzene rings is 4. The molecule has 6 rings (SSSR count). The second-order valence-corrected chi connectivity index (χ2v) is 11.0. The van der Waals surface area contributed by atoms with Crippen molar-refractivity contribution >= 4 is 21.9 Å². The highest BCUT2D eigenvalue weighted by atomic mass is 16.5. The lowest BCUT2D eigenvalue weighted by Gasteiger charge is -2.14. The first-order chi connectivity index (χ1) is 22.2. The summed E-state index contributed by atoms with van der Waals surface area (Å²) in [6.07, 6.45) is -0.974. The standard InChI is InChI=1S/C37H32O9/c1-21-5-11-28(34(13-21)41-3)30-15-23-7-9-26(17-32(23)45-36(30)39)43-19-25(38)20-44-27-10-8-24-16-31(37(40)46-33(24)18-27)29-12-6-22(2)14-35(29)42-4/h5-18,25,38H,19-20H2,1-4H3. The molecule has 0 aliphatic carbocycles. The Balaban J connectivity index is 1.11. The molecule has 0 radical (unpaired) electrons. The number of hydrogen-bond donors (Lipinski definition) is 1. The average molecular weight is 621 g/mol. The van der Waals surface area contributed by atoms with Crippen LogP contribution in [0.1, 0.15) is 11.1 Å². The van der Waals surface area contributed by atoms with Gasteiger partial charge in [-0.25, -0.2) is 9.59 Å². The Morgan fingerprint density at radius 3 is 1.43 bits per heavy atom. The summed E-state index contributed by atoms with van der Waals surface area (Å²) in [6.45, 7) is 3.76. The molecule has 4 aromatic carbocycles. The summed E-state index contributed by atoms with van der Waals surface area (Å²) in [5.41, 5.74) is 3.81. The van der Waals surface area contributed by atoms with Crippen molar-refractivity contribution in [3.8, 4) is 45.3 Å². The fraction of sp³-hybridized carbons (Fsp3) is 0.189. The summed E-state index contributed by atoms with van der Waals surface area (Å²) in [5, 5.41) is 11.9. The summed E-state index contributed by atoms with van der Waals surface area (Å²) in [4.78, 5) is 25.7. The molecule has 9 nitrogen and oxygen atoms in total. The van der Waals surface area contributed by atoms with Crippen molar-refractivity contribution in [1.82, 2.24) is 0 Å². The Morgan fingerprint density at radius 2 is 1.02 bits per heavy atom. The van der Waals surface area contributed by atoms with Crippen molar-refractivity contribution in [3.05, 3.63) is 117 Å². The van der Waals surface area contributed by atoms with Crippen LogP contribution in [0.15, 0.2) is 103 Å². The summed E-state index contributed by atoms with van der Waals surface area (Å²) in [7, 11) is 3.12. The minimum atomic E-state index is -0.974. The Bertz CT molecular complexity index is 2020. The van der Waals surface area contributed by atoms with E-state index in [2.05, 4.69) is 0 Å². The molecule has 6 aromatic rings. The van der Waals surface area contributed by atoms with Gasteiger partial charge in [0.2, 0.25) is 0 Å². The quantitative estimate of drug-likeness (QED) is 0.167. The van der Waals surface area contributed by atoms with Crippen LogP contribution in [0.5, 0.6) is 23.0 Å². The van der Waals surface area contributed by atoms with Gasteiger partial charge in [0.15, 0.2) is 0 Å². The minimum Gasteiger partial charge on any atom is -0.496 e. The van der Waals surface area contributed by atoms with E-state index in [1.807, 2.05) is 50.2 Å². The maximum Gasteiger partial charge on any atom is 0.344 e. The number of rotatable bonds is 10. The first-order valence-corrected chi connectivity index (χ1v) is 14.6. The van der Waals surface area contributed by atoms with E-state index < -0.39 is 17.4 Å². The van der Waals surface area contributed by atoms with Gasteiger partial charge < -0.3 is 32.9 Å². The number of ether oxygens (including phenoxy) is 4. The van der Waals surface area contributed by atoms with Gasteiger partial charge in [-0.15, -0.1) is 0 Å². The molecule has 0 spiro atoms. The third-order valence-corrected chi connectivity index (χ3v) is 7.59. The fourth-order valence-electron chi connectivity index (χ4n) is 5.21. The number of methoxy groups -OCH3 is 2. The topological polar surface area (TPSA) is 118 Å². The van der Waals surface area contributed by atoms with E-state index in [4.69, 9.17) is 27.8 Å². The molecule has 1 N–H and O–H groups in total. The third kappa shape index (κ3) is 6.31. The lowest BCUT2D eigenvalue weighted by atomic mass is 10.0. The van der Waals surface area contributed by atoms with Crippen LogP contribution in [0.4, 0.5) is 0 Å². The molecule has 2 aromatic heterocycles. The smallest absolute Gasteiger partial charge is 0.344 e. The molecule has 9 heteroatoms. The van der Waals surface area contributed by atoms with E-state index in [9.17, 15) is 14.7 Å². The van der Waals surface area contributed by atoms with Crippen molar-refractivity contribution in [2.75, 3.05) is 27.4 Å². The van der Waals surface area contributed by atoms with Crippen LogP contribution >= 0.6 is 0 Å². The lowest BCUT2D eigenvalue weighted by molar-refractivity contribution is 0.0627. The van der Waals surface area contributed by atoms with E-state index in [0.29, 0.717) is 67.2 Å². The molecule has 0 aliphatic rings. The second-order valence-electron chi connectivity index (χ2n) is 11.0. The molecule has 0 saturated heterocycles. The number of aryl methyl sites for hydroxylation is 2. The van der Waals surface area contributed by atoms with Crippen molar-refractivity contribution in [2.24, 2.45) is 0 Å². The van der Waals surface area contributed by atoms with E-state index in [0.717, 1.165) is 11.1 Å². The predicted molar refractivity (Wildman–Crippen MR) is 175 cm³/mol. The van der Waals surface area contributed by atoms with Crippen LogP contribution < -0.4 is 30.2 Å². The van der Waals surface area contributed by atoms with Crippen molar-refractivity contribution in [1.29, 1.82) is 0 Å². The van der Waals surface area contributed by atoms with Gasteiger partial charge in [0.05, 0.1) is 25.3 Å². The van der Waals surface area contributed by atoms with Crippen LogP contribution in [0.2, 0.25) is 0 Å². The van der Waals surface area contributed by atoms with Gasteiger partial charge in [0.25, 0.3) is 0 Å². The zero-order valence-corrected chi connectivity index (χ0v) is 25.8. The number of fused-ring (bicyclic) bond motifs is 2. The Kier molecular flexibility index (Phi) is 8.50. The van der Waals surface area contributed by atoms with Gasteiger partial charge in [0.1, 0.15) is 53.5 Å². The molecular formula is C37H32O9. The summed E-state index contributed by atoms with van der Waals surface area (Å²) >= 11 is 0. The molecule has 0 saturated carbocycles. The minimum absolute atomic E-state index is 0.0706. The monoisotopic (exact) mass is 620 g/mol. The van der Waals surface area contributed by atoms with E-state index in [1.54, 1.807) is 62.8 Å². The van der Waals surface area contributed by atoms with Gasteiger partial charge >= 0.3 is 11.3 Å². The highest BCUT2D eigenvalue weighted by Crippen LogP contribution is 2.33. The van der Waals surface area contributed by atoms with Crippen molar-refractivity contribution in [3.63, 3.8) is 0 Å². The molecule has 0 aliphatic heterocycles. The summed E-state index contributed by atoms with van der Waals surface area (Å²) < 4.78 is 33.7. The summed E-state index contributed by atoms with van der Waals surface area (Å²) in [5.74, 6) is 2.02. The Hall–Kier alpha value is -5.54. The Morgan fingerprint density at radius 1 is 0.587 bits per heavy atom. The highest BCUT2D eigenvalue weighted by molar-refractivity contribution is 5.85. The lowest BCUT2D eigenvalue weighted by Crippen LogP contribution is -2.25. The molecule has 234 valence electrons. The second kappa shape index (κ2) is 12.8. The van der Waals surface area contributed by atoms with Gasteiger partial charge in [0, 0.05) is 34.0 Å². The van der Waals surface area contributed by atoms with E-state index in [1.165, 1.54) is 0 Å². The van der Waals surface area contributed by atoms with Gasteiger partial charge in [-0.1, -0.05) is 24.3 Å². The molecule has 46 heavy (non-hydrogen) atoms. The van der Waals surface area contributed by atoms with Crippen LogP contribution in [-0.4, -0.2) is 38.6 Å². The number of hydrogen-bond acceptors (Lipinski definition) is 9. The van der Waals surface area contributed by atoms with E-state index in [-0.39, 0.29) is 13.2 Å². The maximum absolute atomic E-state index is 12.9. The summed E-state index contributed by atoms with van der Waals surface area (Å²) in [6, 6.07) is 25.0. The largest absolute Gasteiger partial charge is 0.496 e. The fourth-order valence-corrected chi connectivity index (χ4v) is 5.21. The molecule has 0 amide bonds. The van der Waals surface area contributed by atoms with E-state index >= 15 is 0 Å². The van der Waals surface area contributed by atoms with Gasteiger partial charge in [-0.3, -0.25) is 0 Å². The third-order valence-electron chi connectivity index (χ3n) is 7.59. The molecule has 0 fully saturated rings. The zero-order chi connectivity index (χ0) is 32.4. The molecule has 0 atom stereocenters. The van der Waals surface area contributed by atoms with Crippen molar-refractivity contribution in [2.45, 2.75) is 20.0 Å². The molecule has 0 unspecified atom stereocenters. The van der Waals surface area contributed by atoms with Crippen LogP contribution in [-0.2, 0) is 0 Å².